The first-order chi connectivity index (χ1) is 8.22. The molecule has 0 saturated heterocycles. The molecule has 1 heterocycles. The normalized spacial score (nSPS) is 9.65. The fourth-order valence-corrected chi connectivity index (χ4v) is 1.14. The molecule has 1 aromatic rings. The van der Waals surface area contributed by atoms with Crippen molar-refractivity contribution in [2.24, 2.45) is 0 Å². The smallest absolute Gasteiger partial charge is 0.234 e. The number of aryl methyl sites for hydroxylation is 1. The largest absolute Gasteiger partial charge is 0.354 e. The van der Waals surface area contributed by atoms with E-state index in [9.17, 15) is 4.79 Å². The number of hydrogen-bond acceptors (Lipinski definition) is 5. The Morgan fingerprint density at radius 1 is 1.47 bits per heavy atom. The minimum Gasteiger partial charge on any atom is -0.354 e. The summed E-state index contributed by atoms with van der Waals surface area (Å²) in [5, 5.41) is 13.9. The van der Waals surface area contributed by atoms with E-state index in [4.69, 9.17) is 5.26 Å². The molecule has 1 aromatic heterocycles. The second kappa shape index (κ2) is 7.30. The van der Waals surface area contributed by atoms with Crippen LogP contribution in [0.25, 0.3) is 0 Å². The van der Waals surface area contributed by atoms with Gasteiger partial charge in [0.15, 0.2) is 0 Å². The zero-order valence-electron chi connectivity index (χ0n) is 9.73. The van der Waals surface area contributed by atoms with Gasteiger partial charge in [0, 0.05) is 25.5 Å². The molecule has 6 nitrogen and oxygen atoms in total. The summed E-state index contributed by atoms with van der Waals surface area (Å²) in [6, 6.07) is 1.96. The van der Waals surface area contributed by atoms with Crippen molar-refractivity contribution in [1.82, 2.24) is 20.6 Å². The van der Waals surface area contributed by atoms with E-state index in [1.54, 1.807) is 12.4 Å². The van der Waals surface area contributed by atoms with Crippen LogP contribution in [0.3, 0.4) is 0 Å². The van der Waals surface area contributed by atoms with Crippen LogP contribution >= 0.6 is 0 Å². The Balaban J connectivity index is 2.17. The van der Waals surface area contributed by atoms with E-state index in [0.29, 0.717) is 19.5 Å². The molecule has 0 spiro atoms. The van der Waals surface area contributed by atoms with Gasteiger partial charge in [-0.25, -0.2) is 0 Å². The van der Waals surface area contributed by atoms with Gasteiger partial charge in [-0.2, -0.15) is 5.26 Å². The molecule has 1 rings (SSSR count). The average molecular weight is 233 g/mol. The molecule has 90 valence electrons. The number of amides is 1. The van der Waals surface area contributed by atoms with Crippen molar-refractivity contribution in [3.8, 4) is 6.07 Å². The van der Waals surface area contributed by atoms with Gasteiger partial charge in [-0.05, 0) is 6.92 Å². The van der Waals surface area contributed by atoms with E-state index < -0.39 is 0 Å². The van der Waals surface area contributed by atoms with Crippen molar-refractivity contribution in [3.05, 3.63) is 23.8 Å². The van der Waals surface area contributed by atoms with E-state index in [1.165, 1.54) is 0 Å². The molecular formula is C11H15N5O. The number of nitrogens with one attached hydrogen (secondary N) is 2. The Morgan fingerprint density at radius 3 is 2.94 bits per heavy atom. The fourth-order valence-electron chi connectivity index (χ4n) is 1.14. The summed E-state index contributed by atoms with van der Waals surface area (Å²) in [6.45, 7) is 2.97. The van der Waals surface area contributed by atoms with Gasteiger partial charge in [0.25, 0.3) is 0 Å². The minimum atomic E-state index is -0.125. The van der Waals surface area contributed by atoms with Crippen LogP contribution in [0.15, 0.2) is 12.4 Å². The Kier molecular flexibility index (Phi) is 5.61. The van der Waals surface area contributed by atoms with Crippen molar-refractivity contribution in [2.75, 3.05) is 13.1 Å². The molecule has 1 amide bonds. The molecule has 0 fully saturated rings. The molecule has 0 aliphatic carbocycles. The molecule has 0 aliphatic heterocycles. The van der Waals surface area contributed by atoms with E-state index in [2.05, 4.69) is 20.6 Å². The van der Waals surface area contributed by atoms with Gasteiger partial charge < -0.3 is 10.6 Å². The third-order valence-corrected chi connectivity index (χ3v) is 1.99. The second-order valence-corrected chi connectivity index (χ2v) is 3.51. The second-order valence-electron chi connectivity index (χ2n) is 3.51. The first kappa shape index (κ1) is 13.1. The van der Waals surface area contributed by atoms with Crippen molar-refractivity contribution < 1.29 is 4.79 Å². The number of nitrogens with zero attached hydrogens (tertiary/aromatic N) is 3. The highest BCUT2D eigenvalue weighted by atomic mass is 16.1. The van der Waals surface area contributed by atoms with Crippen LogP contribution in [0.1, 0.15) is 17.8 Å². The fraction of sp³-hybridized carbons (Fsp3) is 0.455. The number of rotatable bonds is 6. The molecule has 0 bridgehead atoms. The van der Waals surface area contributed by atoms with Gasteiger partial charge in [0.2, 0.25) is 5.91 Å². The minimum absolute atomic E-state index is 0.125. The maximum Gasteiger partial charge on any atom is 0.234 e. The van der Waals surface area contributed by atoms with Crippen LogP contribution in [0, 0.1) is 18.3 Å². The molecule has 17 heavy (non-hydrogen) atoms. The summed E-state index contributed by atoms with van der Waals surface area (Å²) in [5.74, 6) is -0.125. The summed E-state index contributed by atoms with van der Waals surface area (Å²) in [4.78, 5) is 19.5. The Hall–Kier alpha value is -2.00. The SMILES string of the molecule is Cc1cnc(CNCC(=O)NCCC#N)cn1. The summed E-state index contributed by atoms with van der Waals surface area (Å²) in [6.07, 6.45) is 3.69. The van der Waals surface area contributed by atoms with E-state index in [-0.39, 0.29) is 12.5 Å². The van der Waals surface area contributed by atoms with Crippen molar-refractivity contribution >= 4 is 5.91 Å². The molecule has 6 heteroatoms. The van der Waals surface area contributed by atoms with Gasteiger partial charge in [0.05, 0.1) is 30.4 Å². The third-order valence-electron chi connectivity index (χ3n) is 1.99. The zero-order chi connectivity index (χ0) is 12.5. The average Bonchev–Trinajstić information content (AvgIpc) is 2.32. The topological polar surface area (TPSA) is 90.7 Å². The van der Waals surface area contributed by atoms with Crippen molar-refractivity contribution in [1.29, 1.82) is 5.26 Å². The van der Waals surface area contributed by atoms with Gasteiger partial charge in [-0.1, -0.05) is 0 Å². The van der Waals surface area contributed by atoms with Crippen LogP contribution in [-0.2, 0) is 11.3 Å². The van der Waals surface area contributed by atoms with Gasteiger partial charge in [-0.15, -0.1) is 0 Å². The summed E-state index contributed by atoms with van der Waals surface area (Å²) < 4.78 is 0. The number of carbonyl (C=O) groups excluding carboxylic acids is 1. The maximum atomic E-state index is 11.2. The van der Waals surface area contributed by atoms with Crippen molar-refractivity contribution in [3.63, 3.8) is 0 Å². The highest BCUT2D eigenvalue weighted by Crippen LogP contribution is 1.92. The first-order valence-corrected chi connectivity index (χ1v) is 5.34. The predicted molar refractivity (Wildman–Crippen MR) is 61.7 cm³/mol. The number of nitriles is 1. The van der Waals surface area contributed by atoms with Crippen LogP contribution < -0.4 is 10.6 Å². The third kappa shape index (κ3) is 5.58. The van der Waals surface area contributed by atoms with Crippen LogP contribution in [-0.4, -0.2) is 29.0 Å². The Labute approximate surface area is 100 Å². The summed E-state index contributed by atoms with van der Waals surface area (Å²) in [5.41, 5.74) is 1.66. The summed E-state index contributed by atoms with van der Waals surface area (Å²) >= 11 is 0. The summed E-state index contributed by atoms with van der Waals surface area (Å²) in [7, 11) is 0. The maximum absolute atomic E-state index is 11.2. The van der Waals surface area contributed by atoms with Crippen LogP contribution in [0.5, 0.6) is 0 Å². The number of aromatic nitrogens is 2. The lowest BCUT2D eigenvalue weighted by atomic mass is 10.4. The molecule has 0 aromatic carbocycles. The van der Waals surface area contributed by atoms with Crippen LogP contribution in [0.2, 0.25) is 0 Å². The standard InChI is InChI=1S/C11H15N5O/c1-9-5-16-10(7-15-9)6-13-8-11(17)14-4-2-3-12/h5,7,13H,2,4,6,8H2,1H3,(H,14,17). The first-order valence-electron chi connectivity index (χ1n) is 5.34. The van der Waals surface area contributed by atoms with E-state index in [0.717, 1.165) is 11.4 Å². The number of hydrogen-bond donors (Lipinski definition) is 2. The Bertz CT molecular complexity index is 395. The van der Waals surface area contributed by atoms with E-state index >= 15 is 0 Å². The molecule has 0 unspecified atom stereocenters. The van der Waals surface area contributed by atoms with Gasteiger partial charge in [0.1, 0.15) is 0 Å². The number of carbonyl (C=O) groups is 1. The molecule has 0 radical (unpaired) electrons. The van der Waals surface area contributed by atoms with Gasteiger partial charge in [-0.3, -0.25) is 14.8 Å². The monoisotopic (exact) mass is 233 g/mol. The lowest BCUT2D eigenvalue weighted by molar-refractivity contribution is -0.120. The van der Waals surface area contributed by atoms with Gasteiger partial charge >= 0.3 is 0 Å². The van der Waals surface area contributed by atoms with Crippen LogP contribution in [0.4, 0.5) is 0 Å². The highest BCUT2D eigenvalue weighted by molar-refractivity contribution is 5.77. The quantitative estimate of drug-likeness (QED) is 0.670. The molecule has 0 saturated carbocycles. The molecule has 0 atom stereocenters. The highest BCUT2D eigenvalue weighted by Gasteiger charge is 2.00. The molecule has 2 N–H and O–H groups in total. The molecule has 0 aliphatic rings. The zero-order valence-corrected chi connectivity index (χ0v) is 9.73. The Morgan fingerprint density at radius 2 is 2.29 bits per heavy atom. The van der Waals surface area contributed by atoms with E-state index in [1.807, 2.05) is 13.0 Å². The lowest BCUT2D eigenvalue weighted by Crippen LogP contribution is -2.34. The molecular weight excluding hydrogens is 218 g/mol. The van der Waals surface area contributed by atoms with Crippen molar-refractivity contribution in [2.45, 2.75) is 19.9 Å². The lowest BCUT2D eigenvalue weighted by Gasteiger charge is -2.04. The predicted octanol–water partition coefficient (Wildman–Crippen LogP) is -0.0955.